The first-order valence-electron chi connectivity index (χ1n) is 12.0. The summed E-state index contributed by atoms with van der Waals surface area (Å²) in [6.45, 7) is 6.51. The van der Waals surface area contributed by atoms with Gasteiger partial charge in [0.1, 0.15) is 11.8 Å². The maximum atomic E-state index is 13.6. The molecule has 3 rings (SSSR count). The van der Waals surface area contributed by atoms with Crippen molar-refractivity contribution in [1.29, 1.82) is 0 Å². The van der Waals surface area contributed by atoms with Crippen LogP contribution in [0.25, 0.3) is 0 Å². The molecule has 1 atom stereocenters. The normalized spacial score (nSPS) is 11.7. The first kappa shape index (κ1) is 26.3. The molecule has 1 N–H and O–H groups in total. The van der Waals surface area contributed by atoms with Crippen LogP contribution in [0.1, 0.15) is 43.4 Å². The second-order valence-electron chi connectivity index (χ2n) is 8.69. The lowest BCUT2D eigenvalue weighted by Gasteiger charge is -2.31. The predicted octanol–water partition coefficient (Wildman–Crippen LogP) is 5.62. The van der Waals surface area contributed by atoms with Gasteiger partial charge in [-0.15, -0.1) is 0 Å². The van der Waals surface area contributed by atoms with Crippen LogP contribution in [0, 0.1) is 0 Å². The van der Waals surface area contributed by atoms with Crippen molar-refractivity contribution in [2.45, 2.75) is 45.7 Å². The van der Waals surface area contributed by atoms with E-state index in [-0.39, 0.29) is 30.9 Å². The molecule has 184 valence electrons. The van der Waals surface area contributed by atoms with Crippen molar-refractivity contribution in [2.75, 3.05) is 13.2 Å². The summed E-state index contributed by atoms with van der Waals surface area (Å²) >= 11 is 6.44. The van der Waals surface area contributed by atoms with Crippen LogP contribution in [0.3, 0.4) is 0 Å². The number of ether oxygens (including phenoxy) is 1. The zero-order chi connectivity index (χ0) is 25.2. The van der Waals surface area contributed by atoms with Gasteiger partial charge in [-0.05, 0) is 41.7 Å². The van der Waals surface area contributed by atoms with E-state index in [9.17, 15) is 9.59 Å². The van der Waals surface area contributed by atoms with Crippen molar-refractivity contribution in [1.82, 2.24) is 10.2 Å². The molecule has 0 radical (unpaired) electrons. The van der Waals surface area contributed by atoms with E-state index in [2.05, 4.69) is 19.2 Å². The molecule has 6 heteroatoms. The van der Waals surface area contributed by atoms with Gasteiger partial charge in [-0.25, -0.2) is 0 Å². The molecule has 0 aliphatic carbocycles. The summed E-state index contributed by atoms with van der Waals surface area (Å²) in [5.74, 6) is 0.433. The minimum absolute atomic E-state index is 0.182. The van der Waals surface area contributed by atoms with Crippen LogP contribution in [-0.2, 0) is 22.6 Å². The molecule has 3 aromatic carbocycles. The fourth-order valence-electron chi connectivity index (χ4n) is 3.97. The molecule has 0 bridgehead atoms. The maximum absolute atomic E-state index is 13.6. The van der Waals surface area contributed by atoms with Gasteiger partial charge < -0.3 is 15.0 Å². The minimum Gasteiger partial charge on any atom is -0.483 e. The molecule has 0 saturated heterocycles. The Bertz CT molecular complexity index is 1120. The molecule has 0 saturated carbocycles. The van der Waals surface area contributed by atoms with Crippen molar-refractivity contribution in [3.63, 3.8) is 0 Å². The van der Waals surface area contributed by atoms with E-state index in [1.807, 2.05) is 79.7 Å². The summed E-state index contributed by atoms with van der Waals surface area (Å²) in [4.78, 5) is 28.4. The van der Waals surface area contributed by atoms with Gasteiger partial charge in [-0.2, -0.15) is 0 Å². The van der Waals surface area contributed by atoms with Crippen LogP contribution in [0.15, 0.2) is 78.9 Å². The summed E-state index contributed by atoms with van der Waals surface area (Å²) in [5.41, 5.74) is 2.77. The molecule has 0 aromatic heterocycles. The second kappa shape index (κ2) is 13.0. The quantitative estimate of drug-likeness (QED) is 0.378. The zero-order valence-electron chi connectivity index (χ0n) is 20.5. The van der Waals surface area contributed by atoms with Gasteiger partial charge in [0.2, 0.25) is 5.91 Å². The molecular weight excluding hydrogens is 460 g/mol. The Balaban J connectivity index is 1.92. The highest BCUT2D eigenvalue weighted by atomic mass is 35.5. The van der Waals surface area contributed by atoms with E-state index in [0.717, 1.165) is 16.7 Å². The Morgan fingerprint density at radius 1 is 0.943 bits per heavy atom. The van der Waals surface area contributed by atoms with E-state index in [4.69, 9.17) is 16.3 Å². The summed E-state index contributed by atoms with van der Waals surface area (Å²) in [5, 5.41) is 3.44. The number of carbonyl (C=O) groups excluding carboxylic acids is 2. The number of likely N-dealkylation sites (N-methyl/N-ethyl adjacent to an activating group) is 1. The molecule has 0 aliphatic heterocycles. The van der Waals surface area contributed by atoms with Gasteiger partial charge in [-0.3, -0.25) is 9.59 Å². The molecule has 35 heavy (non-hydrogen) atoms. The van der Waals surface area contributed by atoms with Crippen LogP contribution >= 0.6 is 11.6 Å². The summed E-state index contributed by atoms with van der Waals surface area (Å²) in [6.07, 6.45) is 0.380. The zero-order valence-corrected chi connectivity index (χ0v) is 21.3. The highest BCUT2D eigenvalue weighted by molar-refractivity contribution is 6.31. The standard InChI is InChI=1S/C29H33ClN2O3/c1-4-31-29(34)26(18-22-12-6-5-7-13-22)32(19-23-14-8-10-16-25(23)30)28(33)20-35-27-17-11-9-15-24(27)21(2)3/h5-17,21,26H,4,18-20H2,1-3H3,(H,31,34)/t26-/m0/s1. The number of carbonyl (C=O) groups is 2. The van der Waals surface area contributed by atoms with Crippen molar-refractivity contribution in [3.05, 3.63) is 101 Å². The molecule has 5 nitrogen and oxygen atoms in total. The number of para-hydroxylation sites is 1. The van der Waals surface area contributed by atoms with Gasteiger partial charge in [0.15, 0.2) is 6.61 Å². The van der Waals surface area contributed by atoms with Crippen LogP contribution in [-0.4, -0.2) is 35.9 Å². The molecule has 2 amide bonds. The third-order valence-electron chi connectivity index (χ3n) is 5.81. The van der Waals surface area contributed by atoms with Gasteiger partial charge in [0.05, 0.1) is 0 Å². The van der Waals surface area contributed by atoms with Gasteiger partial charge in [0.25, 0.3) is 5.91 Å². The highest BCUT2D eigenvalue weighted by Gasteiger charge is 2.31. The second-order valence-corrected chi connectivity index (χ2v) is 9.10. The summed E-state index contributed by atoms with van der Waals surface area (Å²) in [7, 11) is 0. The fourth-order valence-corrected chi connectivity index (χ4v) is 4.16. The van der Waals surface area contributed by atoms with Gasteiger partial charge in [-0.1, -0.05) is 92.2 Å². The van der Waals surface area contributed by atoms with E-state index < -0.39 is 6.04 Å². The third kappa shape index (κ3) is 7.33. The predicted molar refractivity (Wildman–Crippen MR) is 141 cm³/mol. The number of halogens is 1. The summed E-state index contributed by atoms with van der Waals surface area (Å²) < 4.78 is 5.99. The number of nitrogens with zero attached hydrogens (tertiary/aromatic N) is 1. The lowest BCUT2D eigenvalue weighted by Crippen LogP contribution is -2.51. The van der Waals surface area contributed by atoms with E-state index in [0.29, 0.717) is 23.7 Å². The average molecular weight is 493 g/mol. The van der Waals surface area contributed by atoms with E-state index >= 15 is 0 Å². The molecule has 0 spiro atoms. The lowest BCUT2D eigenvalue weighted by atomic mass is 10.0. The first-order valence-corrected chi connectivity index (χ1v) is 12.3. The van der Waals surface area contributed by atoms with E-state index in [1.165, 1.54) is 0 Å². The Morgan fingerprint density at radius 2 is 1.60 bits per heavy atom. The van der Waals surface area contributed by atoms with Crippen LogP contribution in [0.5, 0.6) is 5.75 Å². The monoisotopic (exact) mass is 492 g/mol. The molecular formula is C29H33ClN2O3. The third-order valence-corrected chi connectivity index (χ3v) is 6.18. The average Bonchev–Trinajstić information content (AvgIpc) is 2.86. The summed E-state index contributed by atoms with van der Waals surface area (Å²) in [6, 6.07) is 24.1. The number of amides is 2. The topological polar surface area (TPSA) is 58.6 Å². The Kier molecular flexibility index (Phi) is 9.74. The molecule has 0 aliphatic rings. The number of rotatable bonds is 11. The Hall–Kier alpha value is -3.31. The molecule has 0 unspecified atom stereocenters. The van der Waals surface area contributed by atoms with Crippen LogP contribution < -0.4 is 10.1 Å². The Labute approximate surface area is 213 Å². The number of hydrogen-bond acceptors (Lipinski definition) is 3. The van der Waals surface area contributed by atoms with Gasteiger partial charge in [0, 0.05) is 24.5 Å². The SMILES string of the molecule is CCNC(=O)[C@H](Cc1ccccc1)N(Cc1ccccc1Cl)C(=O)COc1ccccc1C(C)C. The van der Waals surface area contributed by atoms with Gasteiger partial charge >= 0.3 is 0 Å². The number of hydrogen-bond donors (Lipinski definition) is 1. The minimum atomic E-state index is -0.718. The van der Waals surface area contributed by atoms with Crippen molar-refractivity contribution in [2.24, 2.45) is 0 Å². The van der Waals surface area contributed by atoms with Crippen LogP contribution in [0.2, 0.25) is 5.02 Å². The molecule has 3 aromatic rings. The van der Waals surface area contributed by atoms with Crippen LogP contribution in [0.4, 0.5) is 0 Å². The smallest absolute Gasteiger partial charge is 0.261 e. The molecule has 0 fully saturated rings. The first-order chi connectivity index (χ1) is 16.9. The lowest BCUT2D eigenvalue weighted by molar-refractivity contribution is -0.142. The fraction of sp³-hybridized carbons (Fsp3) is 0.310. The Morgan fingerprint density at radius 3 is 2.29 bits per heavy atom. The van der Waals surface area contributed by atoms with Crippen molar-refractivity contribution >= 4 is 23.4 Å². The maximum Gasteiger partial charge on any atom is 0.261 e. The molecule has 0 heterocycles. The number of nitrogens with one attached hydrogen (secondary N) is 1. The highest BCUT2D eigenvalue weighted by Crippen LogP contribution is 2.26. The van der Waals surface area contributed by atoms with E-state index in [1.54, 1.807) is 11.0 Å². The largest absolute Gasteiger partial charge is 0.483 e. The van der Waals surface area contributed by atoms with Crippen molar-refractivity contribution < 1.29 is 14.3 Å². The van der Waals surface area contributed by atoms with Crippen molar-refractivity contribution in [3.8, 4) is 5.75 Å². The number of benzene rings is 3.